The molecule has 1 rings (SSSR count). The molecule has 0 aliphatic carbocycles. The van der Waals surface area contributed by atoms with Crippen LogP contribution in [-0.4, -0.2) is 17.8 Å². The molecule has 3 N–H and O–H groups in total. The first-order valence-electron chi connectivity index (χ1n) is 5.52. The molecule has 17 heavy (non-hydrogen) atoms. The van der Waals surface area contributed by atoms with Crippen LogP contribution in [0.15, 0.2) is 12.1 Å². The van der Waals surface area contributed by atoms with E-state index in [1.807, 2.05) is 6.92 Å². The number of aliphatic hydroxyl groups is 1. The Balaban J connectivity index is 3.10. The molecule has 2 unspecified atom stereocenters. The first kappa shape index (κ1) is 14.0. The predicted octanol–water partition coefficient (Wildman–Crippen LogP) is 2.31. The highest BCUT2D eigenvalue weighted by atomic mass is 19.2. The number of hydrogen-bond donors (Lipinski definition) is 2. The van der Waals surface area contributed by atoms with Gasteiger partial charge in [-0.05, 0) is 30.5 Å². The molecule has 0 fully saturated rings. The maximum Gasteiger partial charge on any atom is 0.194 e. The van der Waals surface area contributed by atoms with E-state index < -0.39 is 17.5 Å². The molecule has 1 aromatic rings. The molecule has 0 bridgehead atoms. The fraction of sp³-hybridized carbons (Fsp3) is 0.500. The summed E-state index contributed by atoms with van der Waals surface area (Å²) in [7, 11) is 0. The highest BCUT2D eigenvalue weighted by molar-refractivity contribution is 5.24. The summed E-state index contributed by atoms with van der Waals surface area (Å²) in [6.07, 6.45) is 0.894. The van der Waals surface area contributed by atoms with Gasteiger partial charge in [-0.2, -0.15) is 0 Å². The molecule has 2 nitrogen and oxygen atoms in total. The predicted molar refractivity (Wildman–Crippen MR) is 59.0 cm³/mol. The van der Waals surface area contributed by atoms with Crippen molar-refractivity contribution in [3.05, 3.63) is 35.1 Å². The first-order chi connectivity index (χ1) is 8.01. The quantitative estimate of drug-likeness (QED) is 0.784. The minimum absolute atomic E-state index is 0.140. The Labute approximate surface area is 98.3 Å². The van der Waals surface area contributed by atoms with Crippen molar-refractivity contribution in [2.75, 3.05) is 6.61 Å². The van der Waals surface area contributed by atoms with Gasteiger partial charge in [-0.3, -0.25) is 0 Å². The standard InChI is InChI=1S/C12H16F3NO/c1-2-11(16)8(3-4-17)7-5-9(13)12(15)10(14)6-7/h5-6,8,11,17H,2-4,16H2,1H3. The largest absolute Gasteiger partial charge is 0.396 e. The van der Waals surface area contributed by atoms with Crippen molar-refractivity contribution in [3.8, 4) is 0 Å². The molecule has 0 amide bonds. The van der Waals surface area contributed by atoms with Gasteiger partial charge in [0.05, 0.1) is 0 Å². The van der Waals surface area contributed by atoms with E-state index in [2.05, 4.69) is 0 Å². The van der Waals surface area contributed by atoms with Crippen molar-refractivity contribution >= 4 is 0 Å². The first-order valence-corrected chi connectivity index (χ1v) is 5.52. The summed E-state index contributed by atoms with van der Waals surface area (Å²) >= 11 is 0. The van der Waals surface area contributed by atoms with E-state index in [-0.39, 0.29) is 24.1 Å². The molecule has 0 radical (unpaired) electrons. The lowest BCUT2D eigenvalue weighted by Crippen LogP contribution is -2.28. The minimum atomic E-state index is -1.48. The summed E-state index contributed by atoms with van der Waals surface area (Å²) in [6, 6.07) is 1.55. The highest BCUT2D eigenvalue weighted by Crippen LogP contribution is 2.26. The Morgan fingerprint density at radius 3 is 2.18 bits per heavy atom. The van der Waals surface area contributed by atoms with Crippen LogP contribution in [0.25, 0.3) is 0 Å². The number of rotatable bonds is 5. The Morgan fingerprint density at radius 2 is 1.76 bits per heavy atom. The average molecular weight is 247 g/mol. The molecule has 0 aliphatic heterocycles. The number of halogens is 3. The van der Waals surface area contributed by atoms with Gasteiger partial charge in [-0.25, -0.2) is 13.2 Å². The van der Waals surface area contributed by atoms with E-state index in [4.69, 9.17) is 10.8 Å². The van der Waals surface area contributed by atoms with Crippen molar-refractivity contribution in [2.45, 2.75) is 31.7 Å². The van der Waals surface area contributed by atoms with Crippen molar-refractivity contribution in [2.24, 2.45) is 5.73 Å². The second kappa shape index (κ2) is 6.02. The van der Waals surface area contributed by atoms with Crippen LogP contribution in [-0.2, 0) is 0 Å². The Morgan fingerprint density at radius 1 is 1.24 bits per heavy atom. The van der Waals surface area contributed by atoms with Crippen LogP contribution < -0.4 is 5.73 Å². The van der Waals surface area contributed by atoms with Gasteiger partial charge >= 0.3 is 0 Å². The molecule has 0 aliphatic rings. The zero-order valence-electron chi connectivity index (χ0n) is 9.59. The fourth-order valence-corrected chi connectivity index (χ4v) is 1.84. The lowest BCUT2D eigenvalue weighted by Gasteiger charge is -2.22. The summed E-state index contributed by atoms with van der Waals surface area (Å²) in [5, 5.41) is 8.92. The molecule has 5 heteroatoms. The number of benzene rings is 1. The van der Waals surface area contributed by atoms with Crippen LogP contribution in [0.5, 0.6) is 0 Å². The van der Waals surface area contributed by atoms with Gasteiger partial charge in [0.15, 0.2) is 17.5 Å². The van der Waals surface area contributed by atoms with E-state index >= 15 is 0 Å². The summed E-state index contributed by atoms with van der Waals surface area (Å²) in [5.74, 6) is -4.33. The monoisotopic (exact) mass is 247 g/mol. The molecule has 0 saturated carbocycles. The van der Waals surface area contributed by atoms with E-state index in [0.29, 0.717) is 12.8 Å². The van der Waals surface area contributed by atoms with Crippen molar-refractivity contribution in [1.29, 1.82) is 0 Å². The zero-order valence-corrected chi connectivity index (χ0v) is 9.59. The summed E-state index contributed by atoms with van der Waals surface area (Å²) in [4.78, 5) is 0. The zero-order chi connectivity index (χ0) is 13.0. The molecule has 0 aromatic heterocycles. The van der Waals surface area contributed by atoms with E-state index in [1.54, 1.807) is 0 Å². The van der Waals surface area contributed by atoms with Crippen LogP contribution in [0.3, 0.4) is 0 Å². The smallest absolute Gasteiger partial charge is 0.194 e. The van der Waals surface area contributed by atoms with Crippen LogP contribution in [0, 0.1) is 17.5 Å². The third kappa shape index (κ3) is 3.20. The fourth-order valence-electron chi connectivity index (χ4n) is 1.84. The van der Waals surface area contributed by atoms with Crippen LogP contribution in [0.1, 0.15) is 31.2 Å². The van der Waals surface area contributed by atoms with Gasteiger partial charge in [-0.1, -0.05) is 6.92 Å². The molecule has 1 aromatic carbocycles. The topological polar surface area (TPSA) is 46.2 Å². The highest BCUT2D eigenvalue weighted by Gasteiger charge is 2.21. The SMILES string of the molecule is CCC(N)C(CCO)c1cc(F)c(F)c(F)c1. The second-order valence-corrected chi connectivity index (χ2v) is 3.99. The molecule has 0 heterocycles. The summed E-state index contributed by atoms with van der Waals surface area (Å²) < 4.78 is 39.0. The second-order valence-electron chi connectivity index (χ2n) is 3.99. The Hall–Kier alpha value is -1.07. The minimum Gasteiger partial charge on any atom is -0.396 e. The van der Waals surface area contributed by atoms with Gasteiger partial charge in [0, 0.05) is 18.6 Å². The van der Waals surface area contributed by atoms with E-state index in [0.717, 1.165) is 12.1 Å². The van der Waals surface area contributed by atoms with Crippen LogP contribution in [0.2, 0.25) is 0 Å². The number of hydrogen-bond acceptors (Lipinski definition) is 2. The summed E-state index contributed by atoms with van der Waals surface area (Å²) in [5.41, 5.74) is 6.11. The van der Waals surface area contributed by atoms with Gasteiger partial charge < -0.3 is 10.8 Å². The maximum atomic E-state index is 13.1. The van der Waals surface area contributed by atoms with Crippen molar-refractivity contribution in [1.82, 2.24) is 0 Å². The van der Waals surface area contributed by atoms with Crippen molar-refractivity contribution < 1.29 is 18.3 Å². The average Bonchev–Trinajstić information content (AvgIpc) is 2.31. The maximum absolute atomic E-state index is 13.1. The summed E-state index contributed by atoms with van der Waals surface area (Å²) in [6.45, 7) is 1.70. The number of aliphatic hydroxyl groups excluding tert-OH is 1. The molecule has 0 saturated heterocycles. The van der Waals surface area contributed by atoms with Gasteiger partial charge in [0.25, 0.3) is 0 Å². The molecular weight excluding hydrogens is 231 g/mol. The third-order valence-electron chi connectivity index (χ3n) is 2.86. The molecule has 96 valence electrons. The molecule has 0 spiro atoms. The Kier molecular flexibility index (Phi) is 4.96. The normalized spacial score (nSPS) is 14.7. The van der Waals surface area contributed by atoms with Crippen LogP contribution in [0.4, 0.5) is 13.2 Å². The van der Waals surface area contributed by atoms with E-state index in [1.165, 1.54) is 0 Å². The lowest BCUT2D eigenvalue weighted by molar-refractivity contribution is 0.265. The third-order valence-corrected chi connectivity index (χ3v) is 2.86. The van der Waals surface area contributed by atoms with Gasteiger partial charge in [0.1, 0.15) is 0 Å². The van der Waals surface area contributed by atoms with Gasteiger partial charge in [0.2, 0.25) is 0 Å². The van der Waals surface area contributed by atoms with E-state index in [9.17, 15) is 13.2 Å². The molecular formula is C12H16F3NO. The van der Waals surface area contributed by atoms with Gasteiger partial charge in [-0.15, -0.1) is 0 Å². The number of nitrogens with two attached hydrogens (primary N) is 1. The van der Waals surface area contributed by atoms with Crippen molar-refractivity contribution in [3.63, 3.8) is 0 Å². The molecule has 2 atom stereocenters. The lowest BCUT2D eigenvalue weighted by atomic mass is 9.88. The Bertz CT molecular complexity index is 361. The van der Waals surface area contributed by atoms with Crippen LogP contribution >= 0.6 is 0 Å².